The summed E-state index contributed by atoms with van der Waals surface area (Å²) in [7, 11) is 0. The van der Waals surface area contributed by atoms with Crippen molar-refractivity contribution < 1.29 is 24.3 Å². The van der Waals surface area contributed by atoms with Gasteiger partial charge in [-0.3, -0.25) is 19.4 Å². The van der Waals surface area contributed by atoms with Crippen molar-refractivity contribution in [3.05, 3.63) is 71.9 Å². The minimum Gasteiger partial charge on any atom is -0.480 e. The first kappa shape index (κ1) is 30.6. The van der Waals surface area contributed by atoms with Gasteiger partial charge in [-0.05, 0) is 36.5 Å². The number of carboxylic acid groups (broad SMARTS) is 1. The molecule has 13 heteroatoms. The molecule has 3 unspecified atom stereocenters. The number of nitrogens with two attached hydrogens (primary N) is 3. The predicted molar refractivity (Wildman–Crippen MR) is 155 cm³/mol. The third kappa shape index (κ3) is 9.65. The van der Waals surface area contributed by atoms with E-state index in [-0.39, 0.29) is 31.8 Å². The Kier molecular flexibility index (Phi) is 11.2. The molecular weight excluding hydrogens is 528 g/mol. The Balaban J connectivity index is 1.58. The van der Waals surface area contributed by atoms with Gasteiger partial charge in [0.25, 0.3) is 0 Å². The Hall–Kier alpha value is -4.91. The van der Waals surface area contributed by atoms with Crippen molar-refractivity contribution in [3.63, 3.8) is 0 Å². The number of aliphatic carboxylic acids is 1. The number of nitrogens with zero attached hydrogens (tertiary/aromatic N) is 1. The molecule has 1 aromatic heterocycles. The minimum atomic E-state index is -1.23. The first-order valence-corrected chi connectivity index (χ1v) is 13.1. The minimum absolute atomic E-state index is 0.0776. The van der Waals surface area contributed by atoms with Crippen LogP contribution in [0.5, 0.6) is 0 Å². The predicted octanol–water partition coefficient (Wildman–Crippen LogP) is -0.496. The average molecular weight is 565 g/mol. The monoisotopic (exact) mass is 564 g/mol. The topological polar surface area (TPSA) is 231 Å². The van der Waals surface area contributed by atoms with Crippen LogP contribution in [-0.2, 0) is 32.0 Å². The number of carboxylic acids is 1. The van der Waals surface area contributed by atoms with Crippen LogP contribution < -0.4 is 33.2 Å². The molecule has 3 atom stereocenters. The smallest absolute Gasteiger partial charge is 0.326 e. The van der Waals surface area contributed by atoms with Gasteiger partial charge in [-0.1, -0.05) is 48.5 Å². The molecule has 0 aliphatic carbocycles. The van der Waals surface area contributed by atoms with Crippen molar-refractivity contribution in [2.24, 2.45) is 22.2 Å². The van der Waals surface area contributed by atoms with Gasteiger partial charge in [0.05, 0.1) is 12.6 Å². The van der Waals surface area contributed by atoms with Crippen LogP contribution in [0.15, 0.2) is 65.8 Å². The second kappa shape index (κ2) is 15.0. The zero-order valence-corrected chi connectivity index (χ0v) is 22.5. The molecule has 0 saturated heterocycles. The normalized spacial score (nSPS) is 13.0. The van der Waals surface area contributed by atoms with Crippen LogP contribution in [0.2, 0.25) is 0 Å². The zero-order chi connectivity index (χ0) is 29.8. The second-order valence-electron chi connectivity index (χ2n) is 9.55. The summed E-state index contributed by atoms with van der Waals surface area (Å²) < 4.78 is 0. The van der Waals surface area contributed by atoms with Crippen molar-refractivity contribution >= 4 is 40.6 Å². The first-order valence-electron chi connectivity index (χ1n) is 13.1. The van der Waals surface area contributed by atoms with Crippen LogP contribution in [0.3, 0.4) is 0 Å². The molecule has 0 saturated carbocycles. The van der Waals surface area contributed by atoms with Gasteiger partial charge in [-0.25, -0.2) is 4.79 Å². The molecular formula is C28H36N8O5. The summed E-state index contributed by atoms with van der Waals surface area (Å²) in [4.78, 5) is 57.2. The van der Waals surface area contributed by atoms with Gasteiger partial charge < -0.3 is 43.2 Å². The Morgan fingerprint density at radius 2 is 1.61 bits per heavy atom. The van der Waals surface area contributed by atoms with Gasteiger partial charge in [0.2, 0.25) is 17.7 Å². The summed E-state index contributed by atoms with van der Waals surface area (Å²) in [6.45, 7) is -0.214. The van der Waals surface area contributed by atoms with E-state index in [1.54, 1.807) is 30.5 Å². The highest BCUT2D eigenvalue weighted by atomic mass is 16.4. The third-order valence-electron chi connectivity index (χ3n) is 6.37. The second-order valence-corrected chi connectivity index (χ2v) is 9.55. The zero-order valence-electron chi connectivity index (χ0n) is 22.5. The fourth-order valence-corrected chi connectivity index (χ4v) is 4.27. The Bertz CT molecular complexity index is 1370. The number of carbonyl (C=O) groups is 4. The molecule has 0 fully saturated rings. The van der Waals surface area contributed by atoms with E-state index in [0.29, 0.717) is 6.42 Å². The SMILES string of the molecule is NC(N)=NCCCC(NC(=O)C(Cc1ccccc1)NC(=O)CNC(=O)C(N)Cc1c[nH]c2ccccc12)C(=O)O. The molecule has 218 valence electrons. The number of hydrogen-bond acceptors (Lipinski definition) is 6. The number of aromatic amines is 1. The molecule has 3 aromatic rings. The number of H-pyrrole nitrogens is 1. The number of nitrogens with one attached hydrogen (secondary N) is 4. The molecule has 0 bridgehead atoms. The lowest BCUT2D eigenvalue weighted by molar-refractivity contribution is -0.142. The maximum Gasteiger partial charge on any atom is 0.326 e. The van der Waals surface area contributed by atoms with E-state index < -0.39 is 48.4 Å². The van der Waals surface area contributed by atoms with E-state index in [1.807, 2.05) is 30.3 Å². The molecule has 13 nitrogen and oxygen atoms in total. The van der Waals surface area contributed by atoms with Crippen molar-refractivity contribution in [3.8, 4) is 0 Å². The van der Waals surface area contributed by atoms with E-state index in [0.717, 1.165) is 22.0 Å². The first-order chi connectivity index (χ1) is 19.6. The summed E-state index contributed by atoms with van der Waals surface area (Å²) >= 11 is 0. The van der Waals surface area contributed by atoms with Crippen LogP contribution >= 0.6 is 0 Å². The summed E-state index contributed by atoms with van der Waals surface area (Å²) in [6, 6.07) is 13.4. The van der Waals surface area contributed by atoms with Crippen LogP contribution in [0.25, 0.3) is 10.9 Å². The van der Waals surface area contributed by atoms with Crippen LogP contribution in [-0.4, -0.2) is 71.0 Å². The summed E-state index contributed by atoms with van der Waals surface area (Å²) in [5.41, 5.74) is 19.2. The van der Waals surface area contributed by atoms with E-state index in [9.17, 15) is 24.3 Å². The van der Waals surface area contributed by atoms with Crippen LogP contribution in [0.1, 0.15) is 24.0 Å². The lowest BCUT2D eigenvalue weighted by atomic mass is 10.0. The van der Waals surface area contributed by atoms with Crippen molar-refractivity contribution in [2.45, 2.75) is 43.8 Å². The molecule has 0 aliphatic rings. The van der Waals surface area contributed by atoms with Gasteiger partial charge in [0.15, 0.2) is 5.96 Å². The number of fused-ring (bicyclic) bond motifs is 1. The summed E-state index contributed by atoms with van der Waals surface area (Å²) in [5, 5.41) is 18.1. The number of rotatable bonds is 15. The largest absolute Gasteiger partial charge is 0.480 e. The van der Waals surface area contributed by atoms with Crippen LogP contribution in [0.4, 0.5) is 0 Å². The maximum atomic E-state index is 13.1. The highest BCUT2D eigenvalue weighted by Crippen LogP contribution is 2.18. The molecule has 3 rings (SSSR count). The quantitative estimate of drug-likeness (QED) is 0.0680. The standard InChI is InChI=1S/C28H36N8O5/c29-20(14-18-15-33-21-10-5-4-9-19(18)21)25(38)34-16-24(37)35-23(13-17-7-2-1-3-8-17)26(39)36-22(27(40)41)11-6-12-32-28(30)31/h1-5,7-10,15,20,22-23,33H,6,11-14,16,29H2,(H,34,38)(H,35,37)(H,36,39)(H,40,41)(H4,30,31,32). The number of aromatic nitrogens is 1. The van der Waals surface area contributed by atoms with Gasteiger partial charge >= 0.3 is 5.97 Å². The van der Waals surface area contributed by atoms with Gasteiger partial charge in [0, 0.05) is 30.1 Å². The Morgan fingerprint density at radius 1 is 0.902 bits per heavy atom. The fourth-order valence-electron chi connectivity index (χ4n) is 4.27. The van der Waals surface area contributed by atoms with Crippen molar-refractivity contribution in [1.82, 2.24) is 20.9 Å². The van der Waals surface area contributed by atoms with Gasteiger partial charge in [-0.2, -0.15) is 0 Å². The number of aliphatic imine (C=N–C) groups is 1. The average Bonchev–Trinajstić information content (AvgIpc) is 3.35. The van der Waals surface area contributed by atoms with E-state index in [4.69, 9.17) is 17.2 Å². The van der Waals surface area contributed by atoms with Crippen LogP contribution in [0, 0.1) is 0 Å². The molecule has 2 aromatic carbocycles. The number of hydrogen-bond donors (Lipinski definition) is 8. The number of guanidine groups is 1. The highest BCUT2D eigenvalue weighted by Gasteiger charge is 2.27. The lowest BCUT2D eigenvalue weighted by Gasteiger charge is -2.22. The van der Waals surface area contributed by atoms with Gasteiger partial charge in [-0.15, -0.1) is 0 Å². The molecule has 1 heterocycles. The summed E-state index contributed by atoms with van der Waals surface area (Å²) in [5.74, 6) is -3.18. The molecule has 41 heavy (non-hydrogen) atoms. The maximum absolute atomic E-state index is 13.1. The van der Waals surface area contributed by atoms with Crippen molar-refractivity contribution in [2.75, 3.05) is 13.1 Å². The van der Waals surface area contributed by atoms with E-state index >= 15 is 0 Å². The number of carbonyl (C=O) groups excluding carboxylic acids is 3. The molecule has 0 radical (unpaired) electrons. The van der Waals surface area contributed by atoms with Crippen molar-refractivity contribution in [1.29, 1.82) is 0 Å². The summed E-state index contributed by atoms with van der Waals surface area (Å²) in [6.07, 6.45) is 2.55. The highest BCUT2D eigenvalue weighted by molar-refractivity contribution is 5.93. The molecule has 11 N–H and O–H groups in total. The Morgan fingerprint density at radius 3 is 2.32 bits per heavy atom. The van der Waals surface area contributed by atoms with E-state index in [2.05, 4.69) is 25.9 Å². The Labute approximate surface area is 236 Å². The number of amides is 3. The van der Waals surface area contributed by atoms with Gasteiger partial charge in [0.1, 0.15) is 12.1 Å². The molecule has 3 amide bonds. The third-order valence-corrected chi connectivity index (χ3v) is 6.37. The number of para-hydroxylation sites is 1. The lowest BCUT2D eigenvalue weighted by Crippen LogP contribution is -2.54. The molecule has 0 aliphatic heterocycles. The molecule has 0 spiro atoms. The fraction of sp³-hybridized carbons (Fsp3) is 0.321. The van der Waals surface area contributed by atoms with E-state index in [1.165, 1.54) is 0 Å². The number of benzene rings is 2.